The van der Waals surface area contributed by atoms with Gasteiger partial charge in [0.05, 0.1) is 25.4 Å². The van der Waals surface area contributed by atoms with E-state index in [-0.39, 0.29) is 24.2 Å². The van der Waals surface area contributed by atoms with E-state index >= 15 is 0 Å². The highest BCUT2D eigenvalue weighted by Crippen LogP contribution is 2.29. The molecule has 0 aromatic heterocycles. The summed E-state index contributed by atoms with van der Waals surface area (Å²) in [6.45, 7) is 3.52. The summed E-state index contributed by atoms with van der Waals surface area (Å²) in [6.07, 6.45) is 4.57. The lowest BCUT2D eigenvalue weighted by molar-refractivity contribution is -0.162. The van der Waals surface area contributed by atoms with Gasteiger partial charge in [-0.05, 0) is 12.8 Å². The van der Waals surface area contributed by atoms with Crippen LogP contribution in [0.2, 0.25) is 0 Å². The van der Waals surface area contributed by atoms with Crippen molar-refractivity contribution in [3.8, 4) is 0 Å². The van der Waals surface area contributed by atoms with Crippen LogP contribution in [0.15, 0.2) is 0 Å². The van der Waals surface area contributed by atoms with E-state index in [2.05, 4.69) is 5.32 Å². The Kier molecular flexibility index (Phi) is 3.82. The van der Waals surface area contributed by atoms with E-state index in [0.717, 1.165) is 25.9 Å². The first-order valence-electron chi connectivity index (χ1n) is 7.10. The summed E-state index contributed by atoms with van der Waals surface area (Å²) < 4.78 is 11.4. The number of nitrogens with zero attached hydrogens (tertiary/aromatic N) is 1. The topological polar surface area (TPSA) is 50.8 Å². The van der Waals surface area contributed by atoms with Crippen LogP contribution in [0.4, 0.5) is 0 Å². The van der Waals surface area contributed by atoms with Crippen molar-refractivity contribution in [3.05, 3.63) is 0 Å². The van der Waals surface area contributed by atoms with Crippen LogP contribution in [0.25, 0.3) is 0 Å². The van der Waals surface area contributed by atoms with Crippen LogP contribution in [-0.4, -0.2) is 61.9 Å². The van der Waals surface area contributed by atoms with Gasteiger partial charge in [0.1, 0.15) is 6.10 Å². The Morgan fingerprint density at radius 1 is 1.17 bits per heavy atom. The summed E-state index contributed by atoms with van der Waals surface area (Å²) in [4.78, 5) is 14.5. The Labute approximate surface area is 108 Å². The van der Waals surface area contributed by atoms with Crippen LogP contribution in [0.3, 0.4) is 0 Å². The molecule has 0 spiro atoms. The van der Waals surface area contributed by atoms with E-state index in [1.54, 1.807) is 0 Å². The third kappa shape index (κ3) is 2.39. The summed E-state index contributed by atoms with van der Waals surface area (Å²) in [6, 6.07) is 0.283. The van der Waals surface area contributed by atoms with E-state index in [4.69, 9.17) is 9.47 Å². The molecule has 0 radical (unpaired) electrons. The second-order valence-corrected chi connectivity index (χ2v) is 5.36. The van der Waals surface area contributed by atoms with Gasteiger partial charge in [0.2, 0.25) is 0 Å². The minimum atomic E-state index is -0.292. The zero-order valence-corrected chi connectivity index (χ0v) is 10.8. The highest BCUT2D eigenvalue weighted by Gasteiger charge is 2.39. The molecule has 2 heterocycles. The van der Waals surface area contributed by atoms with Gasteiger partial charge < -0.3 is 19.7 Å². The van der Waals surface area contributed by atoms with E-state index in [9.17, 15) is 4.79 Å². The van der Waals surface area contributed by atoms with E-state index < -0.39 is 0 Å². The van der Waals surface area contributed by atoms with Crippen molar-refractivity contribution in [2.75, 3.05) is 32.8 Å². The standard InChI is InChI=1S/C13H22N2O3/c16-13(12-9-14-5-7-17-12)15-6-8-18-11-4-2-1-3-10(11)15/h10-12,14H,1-9H2. The van der Waals surface area contributed by atoms with Crippen LogP contribution in [0, 0.1) is 0 Å². The average molecular weight is 254 g/mol. The number of carbonyl (C=O) groups is 1. The van der Waals surface area contributed by atoms with Gasteiger partial charge in [0, 0.05) is 19.6 Å². The maximum absolute atomic E-state index is 12.5. The minimum Gasteiger partial charge on any atom is -0.374 e. The fourth-order valence-electron chi connectivity index (χ4n) is 3.28. The Hall–Kier alpha value is -0.650. The molecule has 1 saturated carbocycles. The van der Waals surface area contributed by atoms with Gasteiger partial charge in [-0.2, -0.15) is 0 Å². The molecule has 2 saturated heterocycles. The van der Waals surface area contributed by atoms with Crippen LogP contribution in [0.5, 0.6) is 0 Å². The zero-order chi connectivity index (χ0) is 12.4. The molecule has 3 unspecified atom stereocenters. The fraction of sp³-hybridized carbons (Fsp3) is 0.923. The molecular weight excluding hydrogens is 232 g/mol. The lowest BCUT2D eigenvalue weighted by Crippen LogP contribution is -2.59. The molecule has 18 heavy (non-hydrogen) atoms. The Morgan fingerprint density at radius 2 is 2.06 bits per heavy atom. The number of rotatable bonds is 1. The molecule has 102 valence electrons. The molecule has 0 aromatic carbocycles. The van der Waals surface area contributed by atoms with Gasteiger partial charge in [-0.25, -0.2) is 0 Å². The number of hydrogen-bond acceptors (Lipinski definition) is 4. The third-order valence-corrected chi connectivity index (χ3v) is 4.22. The molecule has 5 heteroatoms. The number of amides is 1. The molecule has 3 atom stereocenters. The van der Waals surface area contributed by atoms with Gasteiger partial charge in [-0.3, -0.25) is 4.79 Å². The number of hydrogen-bond donors (Lipinski definition) is 1. The molecule has 1 N–H and O–H groups in total. The summed E-state index contributed by atoms with van der Waals surface area (Å²) in [5.74, 6) is 0.155. The van der Waals surface area contributed by atoms with Crippen molar-refractivity contribution >= 4 is 5.91 Å². The van der Waals surface area contributed by atoms with Gasteiger partial charge in [0.15, 0.2) is 0 Å². The Bertz CT molecular complexity index is 303. The lowest BCUT2D eigenvalue weighted by atomic mass is 9.90. The summed E-state index contributed by atoms with van der Waals surface area (Å²) in [7, 11) is 0. The smallest absolute Gasteiger partial charge is 0.253 e. The van der Waals surface area contributed by atoms with Crippen molar-refractivity contribution < 1.29 is 14.3 Å². The SMILES string of the molecule is O=C(C1CNCCO1)N1CCOC2CCCCC21. The molecule has 3 rings (SSSR count). The number of ether oxygens (including phenoxy) is 2. The largest absolute Gasteiger partial charge is 0.374 e. The van der Waals surface area contributed by atoms with Crippen molar-refractivity contribution in [1.29, 1.82) is 0 Å². The minimum absolute atomic E-state index is 0.155. The number of morpholine rings is 2. The Morgan fingerprint density at radius 3 is 2.89 bits per heavy atom. The van der Waals surface area contributed by atoms with Gasteiger partial charge in [-0.15, -0.1) is 0 Å². The highest BCUT2D eigenvalue weighted by molar-refractivity contribution is 5.81. The first-order chi connectivity index (χ1) is 8.86. The number of fused-ring (bicyclic) bond motifs is 1. The second-order valence-electron chi connectivity index (χ2n) is 5.36. The third-order valence-electron chi connectivity index (χ3n) is 4.22. The van der Waals surface area contributed by atoms with E-state index in [1.807, 2.05) is 4.90 Å². The molecule has 0 aromatic rings. The summed E-state index contributed by atoms with van der Waals surface area (Å²) >= 11 is 0. The van der Waals surface area contributed by atoms with Gasteiger partial charge in [-0.1, -0.05) is 12.8 Å². The normalized spacial score (nSPS) is 37.1. The lowest BCUT2D eigenvalue weighted by Gasteiger charge is -2.45. The first kappa shape index (κ1) is 12.4. The number of nitrogens with one attached hydrogen (secondary N) is 1. The molecule has 1 aliphatic carbocycles. The van der Waals surface area contributed by atoms with Crippen LogP contribution >= 0.6 is 0 Å². The summed E-state index contributed by atoms with van der Waals surface area (Å²) in [5.41, 5.74) is 0. The molecule has 3 fully saturated rings. The van der Waals surface area contributed by atoms with Crippen LogP contribution in [0.1, 0.15) is 25.7 Å². The quantitative estimate of drug-likeness (QED) is 0.723. The van der Waals surface area contributed by atoms with Crippen molar-refractivity contribution in [2.24, 2.45) is 0 Å². The van der Waals surface area contributed by atoms with Crippen molar-refractivity contribution in [2.45, 2.75) is 43.9 Å². The molecule has 3 aliphatic rings. The molecule has 0 bridgehead atoms. The van der Waals surface area contributed by atoms with Crippen LogP contribution in [-0.2, 0) is 14.3 Å². The van der Waals surface area contributed by atoms with Gasteiger partial charge in [0.25, 0.3) is 5.91 Å². The first-order valence-corrected chi connectivity index (χ1v) is 7.10. The molecule has 2 aliphatic heterocycles. The Balaban J connectivity index is 1.67. The second kappa shape index (κ2) is 5.55. The molecule has 1 amide bonds. The van der Waals surface area contributed by atoms with E-state index in [1.165, 1.54) is 12.8 Å². The average Bonchev–Trinajstić information content (AvgIpc) is 2.47. The maximum atomic E-state index is 12.5. The molecular formula is C13H22N2O3. The van der Waals surface area contributed by atoms with Gasteiger partial charge >= 0.3 is 0 Å². The number of carbonyl (C=O) groups excluding carboxylic acids is 1. The van der Waals surface area contributed by atoms with Crippen molar-refractivity contribution in [3.63, 3.8) is 0 Å². The summed E-state index contributed by atoms with van der Waals surface area (Å²) in [5, 5.41) is 3.22. The van der Waals surface area contributed by atoms with Crippen LogP contribution < -0.4 is 5.32 Å². The highest BCUT2D eigenvalue weighted by atomic mass is 16.5. The van der Waals surface area contributed by atoms with Crippen molar-refractivity contribution in [1.82, 2.24) is 10.2 Å². The predicted octanol–water partition coefficient (Wildman–Crippen LogP) is 0.145. The molecule has 5 nitrogen and oxygen atoms in total. The maximum Gasteiger partial charge on any atom is 0.253 e. The zero-order valence-electron chi connectivity index (χ0n) is 10.8. The monoisotopic (exact) mass is 254 g/mol. The predicted molar refractivity (Wildman–Crippen MR) is 66.3 cm³/mol. The fourth-order valence-corrected chi connectivity index (χ4v) is 3.28. The van der Waals surface area contributed by atoms with E-state index in [0.29, 0.717) is 19.8 Å².